The lowest BCUT2D eigenvalue weighted by Crippen LogP contribution is -2.20. The Bertz CT molecular complexity index is 1380. The highest BCUT2D eigenvalue weighted by Gasteiger charge is 2.31. The zero-order chi connectivity index (χ0) is 18.1. The van der Waals surface area contributed by atoms with Gasteiger partial charge in [0.05, 0.1) is 26.9 Å². The molecule has 2 aromatic carbocycles. The Morgan fingerprint density at radius 2 is 1.78 bits per heavy atom. The molecule has 0 saturated heterocycles. The minimum absolute atomic E-state index is 0.798. The van der Waals surface area contributed by atoms with Crippen molar-refractivity contribution in [3.63, 3.8) is 0 Å². The van der Waals surface area contributed by atoms with Gasteiger partial charge in [-0.3, -0.25) is 9.30 Å². The number of rotatable bonds is 1. The van der Waals surface area contributed by atoms with Crippen molar-refractivity contribution in [1.29, 1.82) is 0 Å². The van der Waals surface area contributed by atoms with Gasteiger partial charge in [-0.1, -0.05) is 30.0 Å². The maximum atomic E-state index is 4.76. The van der Waals surface area contributed by atoms with E-state index in [1.165, 1.54) is 4.70 Å². The molecule has 0 unspecified atom stereocenters. The second-order valence-corrected chi connectivity index (χ2v) is 7.50. The summed E-state index contributed by atoms with van der Waals surface area (Å²) in [7, 11) is 1.96. The van der Waals surface area contributed by atoms with Crippen LogP contribution >= 0.6 is 11.3 Å². The van der Waals surface area contributed by atoms with Crippen LogP contribution < -0.4 is 9.80 Å². The van der Waals surface area contributed by atoms with Gasteiger partial charge >= 0.3 is 0 Å². The van der Waals surface area contributed by atoms with Gasteiger partial charge in [-0.15, -0.1) is 0 Å². The molecular formula is C20H14N6S. The first-order valence-corrected chi connectivity index (χ1v) is 9.37. The van der Waals surface area contributed by atoms with Gasteiger partial charge in [0.15, 0.2) is 16.6 Å². The van der Waals surface area contributed by atoms with Crippen LogP contribution in [-0.4, -0.2) is 26.4 Å². The minimum Gasteiger partial charge on any atom is -0.313 e. The molecule has 6 rings (SSSR count). The minimum atomic E-state index is 0.798. The van der Waals surface area contributed by atoms with E-state index in [2.05, 4.69) is 45.2 Å². The van der Waals surface area contributed by atoms with Gasteiger partial charge in [0.1, 0.15) is 5.82 Å². The van der Waals surface area contributed by atoms with Crippen LogP contribution in [0.4, 0.5) is 17.3 Å². The highest BCUT2D eigenvalue weighted by Crippen LogP contribution is 2.43. The second-order valence-electron chi connectivity index (χ2n) is 6.49. The lowest BCUT2D eigenvalue weighted by molar-refractivity contribution is 1.07. The van der Waals surface area contributed by atoms with Crippen molar-refractivity contribution in [2.75, 3.05) is 16.8 Å². The van der Waals surface area contributed by atoms with E-state index in [1.54, 1.807) is 23.7 Å². The Morgan fingerprint density at radius 1 is 0.963 bits per heavy atom. The van der Waals surface area contributed by atoms with Gasteiger partial charge in [0, 0.05) is 19.4 Å². The molecule has 0 bridgehead atoms. The largest absolute Gasteiger partial charge is 0.313 e. The zero-order valence-electron chi connectivity index (χ0n) is 14.5. The molecule has 0 N–H and O–H groups in total. The van der Waals surface area contributed by atoms with Gasteiger partial charge in [-0.05, 0) is 30.3 Å². The SMILES string of the molecule is C=C1N(C)c2nccnc2N1c1ccc2sc3nc4ccccc4n3c2c1. The third kappa shape index (κ3) is 1.86. The Kier molecular flexibility index (Phi) is 2.75. The standard InChI is InChI=1S/C20H14N6S/c1-12-24(2)18-19(22-10-9-21-18)25(12)13-7-8-17-16(11-13)26-15-6-4-3-5-14(15)23-20(26)27-17/h3-11H,1H2,2H3. The molecule has 1 aliphatic rings. The molecule has 1 aliphatic heterocycles. The van der Waals surface area contributed by atoms with Crippen LogP contribution in [0.3, 0.4) is 0 Å². The molecule has 4 heterocycles. The van der Waals surface area contributed by atoms with Gasteiger partial charge in [-0.2, -0.15) is 0 Å². The lowest BCUT2D eigenvalue weighted by Gasteiger charge is -2.20. The van der Waals surface area contributed by atoms with Crippen LogP contribution in [-0.2, 0) is 0 Å². The van der Waals surface area contributed by atoms with Crippen LogP contribution in [0.15, 0.2) is 67.3 Å². The predicted molar refractivity (Wildman–Crippen MR) is 110 cm³/mol. The van der Waals surface area contributed by atoms with Crippen LogP contribution in [0.1, 0.15) is 0 Å². The molecule has 0 saturated carbocycles. The van der Waals surface area contributed by atoms with Crippen molar-refractivity contribution in [3.8, 4) is 0 Å². The van der Waals surface area contributed by atoms with E-state index in [9.17, 15) is 0 Å². The molecule has 0 fully saturated rings. The third-order valence-corrected chi connectivity index (χ3v) is 6.03. The summed E-state index contributed by atoms with van der Waals surface area (Å²) in [5, 5.41) is 0. The second kappa shape index (κ2) is 5.05. The molecule has 0 spiro atoms. The Morgan fingerprint density at radius 3 is 2.67 bits per heavy atom. The summed E-state index contributed by atoms with van der Waals surface area (Å²) in [6.45, 7) is 4.23. The molecule has 0 amide bonds. The first kappa shape index (κ1) is 14.7. The van der Waals surface area contributed by atoms with Crippen molar-refractivity contribution < 1.29 is 0 Å². The number of benzene rings is 2. The molecule has 5 aromatic rings. The summed E-state index contributed by atoms with van der Waals surface area (Å²) in [6, 6.07) is 14.6. The molecular weight excluding hydrogens is 356 g/mol. The number of imidazole rings is 1. The Labute approximate surface area is 158 Å². The quantitative estimate of drug-likeness (QED) is 0.433. The van der Waals surface area contributed by atoms with Crippen molar-refractivity contribution in [1.82, 2.24) is 19.4 Å². The fraction of sp³-hybridized carbons (Fsp3) is 0.0500. The lowest BCUT2D eigenvalue weighted by atomic mass is 10.2. The number of hydrogen-bond donors (Lipinski definition) is 0. The summed E-state index contributed by atoms with van der Waals surface area (Å²) in [4.78, 5) is 18.8. The predicted octanol–water partition coefficient (Wildman–Crippen LogP) is 4.55. The third-order valence-electron chi connectivity index (χ3n) is 5.01. The highest BCUT2D eigenvalue weighted by atomic mass is 32.1. The molecule has 3 aromatic heterocycles. The van der Waals surface area contributed by atoms with Crippen molar-refractivity contribution in [2.45, 2.75) is 0 Å². The smallest absolute Gasteiger partial charge is 0.195 e. The number of anilines is 3. The average Bonchev–Trinajstić information content (AvgIpc) is 3.30. The number of para-hydroxylation sites is 2. The number of aromatic nitrogens is 4. The average molecular weight is 370 g/mol. The number of thiazole rings is 1. The maximum Gasteiger partial charge on any atom is 0.195 e. The van der Waals surface area contributed by atoms with E-state index in [1.807, 2.05) is 35.0 Å². The summed E-state index contributed by atoms with van der Waals surface area (Å²) in [6.07, 6.45) is 3.42. The van der Waals surface area contributed by atoms with E-state index in [-0.39, 0.29) is 0 Å². The number of nitrogens with zero attached hydrogens (tertiary/aromatic N) is 6. The summed E-state index contributed by atoms with van der Waals surface area (Å²) < 4.78 is 3.42. The molecule has 27 heavy (non-hydrogen) atoms. The first-order chi connectivity index (χ1) is 13.2. The number of fused-ring (bicyclic) bond motifs is 6. The van der Waals surface area contributed by atoms with Crippen LogP contribution in [0.2, 0.25) is 0 Å². The molecule has 6 nitrogen and oxygen atoms in total. The number of hydrogen-bond acceptors (Lipinski definition) is 6. The fourth-order valence-corrected chi connectivity index (χ4v) is 4.71. The van der Waals surface area contributed by atoms with Crippen molar-refractivity contribution >= 4 is 54.9 Å². The van der Waals surface area contributed by atoms with Crippen molar-refractivity contribution in [2.24, 2.45) is 0 Å². The van der Waals surface area contributed by atoms with Crippen LogP contribution in [0.25, 0.3) is 26.2 Å². The van der Waals surface area contributed by atoms with Crippen LogP contribution in [0, 0.1) is 0 Å². The fourth-order valence-electron chi connectivity index (χ4n) is 3.69. The molecule has 7 heteroatoms. The topological polar surface area (TPSA) is 49.6 Å². The van der Waals surface area contributed by atoms with E-state index in [4.69, 9.17) is 4.98 Å². The van der Waals surface area contributed by atoms with Gasteiger partial charge < -0.3 is 4.90 Å². The van der Waals surface area contributed by atoms with E-state index >= 15 is 0 Å². The van der Waals surface area contributed by atoms with Crippen molar-refractivity contribution in [3.05, 3.63) is 67.3 Å². The van der Waals surface area contributed by atoms with Crippen LogP contribution in [0.5, 0.6) is 0 Å². The Hall–Kier alpha value is -3.45. The Balaban J connectivity index is 1.63. The van der Waals surface area contributed by atoms with Gasteiger partial charge in [-0.25, -0.2) is 15.0 Å². The normalized spacial score (nSPS) is 14.0. The summed E-state index contributed by atoms with van der Waals surface area (Å²) in [5.74, 6) is 2.44. The summed E-state index contributed by atoms with van der Waals surface area (Å²) >= 11 is 1.70. The monoisotopic (exact) mass is 370 g/mol. The van der Waals surface area contributed by atoms with E-state index < -0.39 is 0 Å². The molecule has 0 radical (unpaired) electrons. The molecule has 130 valence electrons. The molecule has 0 aliphatic carbocycles. The van der Waals surface area contributed by atoms with E-state index in [0.717, 1.165) is 44.7 Å². The maximum absolute atomic E-state index is 4.76. The first-order valence-electron chi connectivity index (χ1n) is 8.56. The highest BCUT2D eigenvalue weighted by molar-refractivity contribution is 7.23. The zero-order valence-corrected chi connectivity index (χ0v) is 15.3. The summed E-state index contributed by atoms with van der Waals surface area (Å²) in [5.41, 5.74) is 4.27. The van der Waals surface area contributed by atoms with Gasteiger partial charge in [0.2, 0.25) is 0 Å². The van der Waals surface area contributed by atoms with E-state index in [0.29, 0.717) is 0 Å². The molecule has 0 atom stereocenters. The van der Waals surface area contributed by atoms with Gasteiger partial charge in [0.25, 0.3) is 0 Å².